The Morgan fingerprint density at radius 1 is 0.907 bits per heavy atom. The molecule has 0 aromatic heterocycles. The van der Waals surface area contributed by atoms with Gasteiger partial charge in [-0.1, -0.05) is 24.8 Å². The number of ether oxygens (including phenoxy) is 5. The second-order valence-electron chi connectivity index (χ2n) is 9.41. The predicted octanol–water partition coefficient (Wildman–Crippen LogP) is 6.15. The zero-order valence-corrected chi connectivity index (χ0v) is 26.5. The normalized spacial score (nSPS) is 15.0. The minimum absolute atomic E-state index is 0.153. The van der Waals surface area contributed by atoms with E-state index in [2.05, 4.69) is 11.9 Å². The summed E-state index contributed by atoms with van der Waals surface area (Å²) in [6, 6.07) is 9.87. The molecular formula is C33H40N2O7S. The van der Waals surface area contributed by atoms with E-state index in [1.54, 1.807) is 51.1 Å². The number of benzene rings is 2. The second-order valence-corrected chi connectivity index (χ2v) is 9.79. The molecule has 0 saturated heterocycles. The van der Waals surface area contributed by atoms with Crippen molar-refractivity contribution in [3.8, 4) is 23.0 Å². The molecule has 2 aromatic rings. The smallest absolute Gasteiger partial charge is 0.338 e. The highest BCUT2D eigenvalue weighted by atomic mass is 32.1. The molecule has 1 heterocycles. The van der Waals surface area contributed by atoms with Gasteiger partial charge >= 0.3 is 5.97 Å². The predicted molar refractivity (Wildman–Crippen MR) is 170 cm³/mol. The Morgan fingerprint density at radius 2 is 1.51 bits per heavy atom. The van der Waals surface area contributed by atoms with Gasteiger partial charge in [0.15, 0.2) is 28.1 Å². The van der Waals surface area contributed by atoms with Gasteiger partial charge in [0.1, 0.15) is 6.61 Å². The van der Waals surface area contributed by atoms with Crippen molar-refractivity contribution in [2.75, 3.05) is 33.0 Å². The van der Waals surface area contributed by atoms with E-state index in [1.807, 2.05) is 39.0 Å². The quantitative estimate of drug-likeness (QED) is 0.117. The van der Waals surface area contributed by atoms with Crippen LogP contribution < -0.4 is 24.3 Å². The van der Waals surface area contributed by atoms with Crippen LogP contribution in [0.25, 0.3) is 6.08 Å². The first-order valence-corrected chi connectivity index (χ1v) is 14.7. The zero-order chi connectivity index (χ0) is 31.5. The van der Waals surface area contributed by atoms with Gasteiger partial charge < -0.3 is 29.0 Å². The Bertz CT molecular complexity index is 1420. The van der Waals surface area contributed by atoms with Crippen LogP contribution in [0.2, 0.25) is 0 Å². The average Bonchev–Trinajstić information content (AvgIpc) is 2.97. The zero-order valence-electron chi connectivity index (χ0n) is 25.7. The monoisotopic (exact) mass is 608 g/mol. The first-order chi connectivity index (χ1) is 20.7. The molecule has 1 amide bonds. The Labute approximate surface area is 259 Å². The number of thiocarbonyl (C=S) groups is 1. The van der Waals surface area contributed by atoms with Gasteiger partial charge in [-0.3, -0.25) is 9.69 Å². The van der Waals surface area contributed by atoms with Crippen molar-refractivity contribution in [3.05, 3.63) is 77.0 Å². The van der Waals surface area contributed by atoms with Crippen LogP contribution in [0.1, 0.15) is 58.7 Å². The fourth-order valence-corrected chi connectivity index (χ4v) is 4.97. The maximum Gasteiger partial charge on any atom is 0.338 e. The SMILES string of the molecule is C=CCOc1ccc(C2C(C(=O)OCC)=C(C)NC(=S)N2C(=O)/C(C)=C/c2ccc(OCC)c(OCC)c2)cc1OCC. The molecule has 1 N–H and O–H groups in total. The van der Waals surface area contributed by atoms with Crippen LogP contribution in [0, 0.1) is 0 Å². The summed E-state index contributed by atoms with van der Waals surface area (Å²) in [4.78, 5) is 28.9. The van der Waals surface area contributed by atoms with Crippen molar-refractivity contribution in [1.29, 1.82) is 0 Å². The van der Waals surface area contributed by atoms with Crippen molar-refractivity contribution in [2.24, 2.45) is 0 Å². The Kier molecular flexibility index (Phi) is 12.2. The maximum absolute atomic E-state index is 14.2. The van der Waals surface area contributed by atoms with E-state index in [4.69, 9.17) is 35.9 Å². The summed E-state index contributed by atoms with van der Waals surface area (Å²) in [7, 11) is 0. The third kappa shape index (κ3) is 7.95. The molecule has 43 heavy (non-hydrogen) atoms. The highest BCUT2D eigenvalue weighted by molar-refractivity contribution is 7.80. The molecule has 1 atom stereocenters. The van der Waals surface area contributed by atoms with Gasteiger partial charge in [-0.05, 0) is 95.2 Å². The number of carbonyl (C=O) groups is 2. The summed E-state index contributed by atoms with van der Waals surface area (Å²) in [5.41, 5.74) is 2.49. The van der Waals surface area contributed by atoms with Crippen LogP contribution in [0.5, 0.6) is 23.0 Å². The van der Waals surface area contributed by atoms with Crippen LogP contribution in [0.3, 0.4) is 0 Å². The summed E-state index contributed by atoms with van der Waals surface area (Å²) in [6.07, 6.45) is 3.38. The number of carbonyl (C=O) groups excluding carboxylic acids is 2. The van der Waals surface area contributed by atoms with Gasteiger partial charge in [0.25, 0.3) is 5.91 Å². The van der Waals surface area contributed by atoms with E-state index in [-0.39, 0.29) is 23.9 Å². The van der Waals surface area contributed by atoms with Gasteiger partial charge in [0, 0.05) is 11.3 Å². The van der Waals surface area contributed by atoms with E-state index in [1.165, 1.54) is 4.90 Å². The Morgan fingerprint density at radius 3 is 2.14 bits per heavy atom. The largest absolute Gasteiger partial charge is 0.490 e. The van der Waals surface area contributed by atoms with Gasteiger partial charge in [-0.2, -0.15) is 0 Å². The van der Waals surface area contributed by atoms with E-state index < -0.39 is 17.9 Å². The molecule has 0 fully saturated rings. The topological polar surface area (TPSA) is 95.6 Å². The third-order valence-electron chi connectivity index (χ3n) is 6.39. The number of rotatable bonds is 14. The van der Waals surface area contributed by atoms with Gasteiger partial charge in [-0.25, -0.2) is 4.79 Å². The summed E-state index contributed by atoms with van der Waals surface area (Å²) in [6.45, 7) is 16.3. The van der Waals surface area contributed by atoms with E-state index >= 15 is 0 Å². The molecule has 10 heteroatoms. The summed E-state index contributed by atoms with van der Waals surface area (Å²) in [5.74, 6) is 1.22. The van der Waals surface area contributed by atoms with Crippen LogP contribution >= 0.6 is 12.2 Å². The molecule has 3 rings (SSSR count). The standard InChI is InChI=1S/C33H40N2O7S/c1-8-17-42-26-16-14-24(20-28(26)40-11-4)30-29(32(37)41-12-5)22(7)34-33(43)35(30)31(36)21(6)18-23-13-15-25(38-9-2)27(19-23)39-10-3/h8,13-16,18-20,30H,1,9-12,17H2,2-7H3,(H,34,43)/b21-18+. The van der Waals surface area contributed by atoms with Gasteiger partial charge in [0.2, 0.25) is 0 Å². The molecule has 9 nitrogen and oxygen atoms in total. The summed E-state index contributed by atoms with van der Waals surface area (Å²) in [5, 5.41) is 3.18. The number of hydrogen-bond donors (Lipinski definition) is 1. The first kappa shape index (κ1) is 33.2. The molecule has 0 radical (unpaired) electrons. The number of nitrogens with zero attached hydrogens (tertiary/aromatic N) is 1. The summed E-state index contributed by atoms with van der Waals surface area (Å²) < 4.78 is 28.5. The Hall–Kier alpha value is -4.31. The van der Waals surface area contributed by atoms with Crippen molar-refractivity contribution < 1.29 is 33.3 Å². The lowest BCUT2D eigenvalue weighted by Gasteiger charge is -2.38. The molecule has 1 aliphatic rings. The molecule has 2 aromatic carbocycles. The van der Waals surface area contributed by atoms with E-state index in [0.29, 0.717) is 59.7 Å². The minimum atomic E-state index is -0.893. The lowest BCUT2D eigenvalue weighted by atomic mass is 9.92. The highest BCUT2D eigenvalue weighted by Gasteiger charge is 2.40. The minimum Gasteiger partial charge on any atom is -0.490 e. The van der Waals surface area contributed by atoms with Crippen molar-refractivity contribution >= 4 is 35.3 Å². The van der Waals surface area contributed by atoms with E-state index in [0.717, 1.165) is 5.56 Å². The second kappa shape index (κ2) is 15.8. The molecule has 0 aliphatic carbocycles. The summed E-state index contributed by atoms with van der Waals surface area (Å²) >= 11 is 5.69. The number of allylic oxidation sites excluding steroid dienone is 1. The lowest BCUT2D eigenvalue weighted by molar-refractivity contribution is -0.139. The molecule has 0 spiro atoms. The molecule has 1 unspecified atom stereocenters. The highest BCUT2D eigenvalue weighted by Crippen LogP contribution is 2.40. The number of nitrogens with one attached hydrogen (secondary N) is 1. The maximum atomic E-state index is 14.2. The molecule has 230 valence electrons. The van der Waals surface area contributed by atoms with Gasteiger partial charge in [-0.15, -0.1) is 0 Å². The first-order valence-electron chi connectivity index (χ1n) is 14.3. The molecule has 0 bridgehead atoms. The van der Waals surface area contributed by atoms with Crippen molar-refractivity contribution in [1.82, 2.24) is 10.2 Å². The van der Waals surface area contributed by atoms with Crippen molar-refractivity contribution in [3.63, 3.8) is 0 Å². The van der Waals surface area contributed by atoms with E-state index in [9.17, 15) is 9.59 Å². The van der Waals surface area contributed by atoms with Crippen LogP contribution in [0.4, 0.5) is 0 Å². The van der Waals surface area contributed by atoms with Crippen molar-refractivity contribution in [2.45, 2.75) is 47.6 Å². The van der Waals surface area contributed by atoms with Crippen LogP contribution in [0.15, 0.2) is 65.9 Å². The van der Waals surface area contributed by atoms with Crippen LogP contribution in [-0.4, -0.2) is 54.9 Å². The molecular weight excluding hydrogens is 568 g/mol. The fourth-order valence-electron chi connectivity index (χ4n) is 4.63. The molecule has 1 aliphatic heterocycles. The lowest BCUT2D eigenvalue weighted by Crippen LogP contribution is -2.51. The number of amides is 1. The fraction of sp³-hybridized carbons (Fsp3) is 0.364. The number of hydrogen-bond acceptors (Lipinski definition) is 8. The average molecular weight is 609 g/mol. The molecule has 0 saturated carbocycles. The third-order valence-corrected chi connectivity index (χ3v) is 6.69. The van der Waals surface area contributed by atoms with Gasteiger partial charge in [0.05, 0.1) is 38.0 Å². The number of esters is 1. The Balaban J connectivity index is 2.13. The van der Waals surface area contributed by atoms with Crippen LogP contribution in [-0.2, 0) is 14.3 Å².